The van der Waals surface area contributed by atoms with E-state index in [1.165, 1.54) is 41.1 Å². The van der Waals surface area contributed by atoms with Gasteiger partial charge in [-0.3, -0.25) is 14.4 Å². The Labute approximate surface area is 156 Å². The summed E-state index contributed by atoms with van der Waals surface area (Å²) in [6, 6.07) is 7.91. The first-order valence-corrected chi connectivity index (χ1v) is 9.74. The number of hydrogen-bond donors (Lipinski definition) is 2. The first kappa shape index (κ1) is 20.3. The fourth-order valence-corrected chi connectivity index (χ4v) is 3.19. The molecule has 144 valence electrons. The number of nitrogens with one attached hydrogen (secondary N) is 2. The van der Waals surface area contributed by atoms with Crippen LogP contribution in [0.5, 0.6) is 0 Å². The van der Waals surface area contributed by atoms with Crippen LogP contribution in [0.25, 0.3) is 0 Å². The minimum absolute atomic E-state index is 0.0700. The fraction of sp³-hybridized carbons (Fsp3) is 0.294. The van der Waals surface area contributed by atoms with Crippen LogP contribution >= 0.6 is 0 Å². The lowest BCUT2D eigenvalue weighted by Crippen LogP contribution is -2.28. The Morgan fingerprint density at radius 1 is 1.11 bits per heavy atom. The zero-order chi connectivity index (χ0) is 20.0. The highest BCUT2D eigenvalue weighted by atomic mass is 32.2. The highest BCUT2D eigenvalue weighted by Crippen LogP contribution is 2.14. The lowest BCUT2D eigenvalue weighted by atomic mass is 10.3. The summed E-state index contributed by atoms with van der Waals surface area (Å²) in [4.78, 5) is 34.9. The number of carbonyl (C=O) groups excluding carboxylic acids is 2. The molecule has 1 aromatic heterocycles. The molecule has 0 bridgehead atoms. The molecular weight excluding hydrogens is 372 g/mol. The number of benzene rings is 1. The SMILES string of the molecule is CCCCn1nc(C(=O)Nc2ccc(S(=O)(=O)NC(C)=O)cc2)ccc1=O. The van der Waals surface area contributed by atoms with Crippen molar-refractivity contribution in [2.24, 2.45) is 0 Å². The third-order valence-corrected chi connectivity index (χ3v) is 4.97. The highest BCUT2D eigenvalue weighted by molar-refractivity contribution is 7.90. The Bertz CT molecular complexity index is 997. The van der Waals surface area contributed by atoms with Crippen molar-refractivity contribution in [1.29, 1.82) is 0 Å². The van der Waals surface area contributed by atoms with Gasteiger partial charge >= 0.3 is 0 Å². The van der Waals surface area contributed by atoms with Gasteiger partial charge in [-0.05, 0) is 36.8 Å². The smallest absolute Gasteiger partial charge is 0.276 e. The quantitative estimate of drug-likeness (QED) is 0.727. The molecule has 0 spiro atoms. The first-order valence-electron chi connectivity index (χ1n) is 8.26. The van der Waals surface area contributed by atoms with Gasteiger partial charge in [0.1, 0.15) is 5.69 Å². The van der Waals surface area contributed by atoms with E-state index < -0.39 is 21.8 Å². The van der Waals surface area contributed by atoms with Crippen LogP contribution < -0.4 is 15.6 Å². The molecule has 2 amide bonds. The summed E-state index contributed by atoms with van der Waals surface area (Å²) < 4.78 is 26.9. The molecule has 9 nitrogen and oxygen atoms in total. The molecule has 10 heteroatoms. The predicted molar refractivity (Wildman–Crippen MR) is 98.8 cm³/mol. The van der Waals surface area contributed by atoms with E-state index >= 15 is 0 Å². The summed E-state index contributed by atoms with van der Waals surface area (Å²) >= 11 is 0. The molecule has 0 radical (unpaired) electrons. The van der Waals surface area contributed by atoms with Gasteiger partial charge in [0.05, 0.1) is 4.90 Å². The van der Waals surface area contributed by atoms with Crippen LogP contribution in [0.1, 0.15) is 37.2 Å². The van der Waals surface area contributed by atoms with Gasteiger partial charge in [0.2, 0.25) is 5.91 Å². The number of aromatic nitrogens is 2. The average Bonchev–Trinajstić information content (AvgIpc) is 2.60. The van der Waals surface area contributed by atoms with E-state index in [9.17, 15) is 22.8 Å². The maximum Gasteiger partial charge on any atom is 0.276 e. The van der Waals surface area contributed by atoms with Crippen LogP contribution in [0, 0.1) is 0 Å². The lowest BCUT2D eigenvalue weighted by molar-refractivity contribution is -0.117. The molecule has 0 saturated carbocycles. The molecule has 2 aromatic rings. The van der Waals surface area contributed by atoms with Crippen LogP contribution in [0.4, 0.5) is 5.69 Å². The summed E-state index contributed by atoms with van der Waals surface area (Å²) in [5.41, 5.74) is 0.128. The van der Waals surface area contributed by atoms with Crippen molar-refractivity contribution in [3.63, 3.8) is 0 Å². The van der Waals surface area contributed by atoms with Gasteiger partial charge < -0.3 is 5.32 Å². The number of sulfonamides is 1. The molecule has 0 aliphatic heterocycles. The number of anilines is 1. The third kappa shape index (κ3) is 5.48. The van der Waals surface area contributed by atoms with E-state index in [-0.39, 0.29) is 16.1 Å². The van der Waals surface area contributed by atoms with E-state index in [4.69, 9.17) is 0 Å². The zero-order valence-electron chi connectivity index (χ0n) is 14.9. The molecule has 27 heavy (non-hydrogen) atoms. The van der Waals surface area contributed by atoms with Gasteiger partial charge in [0.15, 0.2) is 0 Å². The standard InChI is InChI=1S/C17H20N4O5S/c1-3-4-11-21-16(23)10-9-15(19-21)17(24)18-13-5-7-14(8-6-13)27(25,26)20-12(2)22/h5-10H,3-4,11H2,1-2H3,(H,18,24)(H,20,22). The van der Waals surface area contributed by atoms with E-state index in [2.05, 4.69) is 10.4 Å². The number of rotatable bonds is 7. The van der Waals surface area contributed by atoms with E-state index in [0.717, 1.165) is 19.8 Å². The number of amides is 2. The third-order valence-electron chi connectivity index (χ3n) is 3.52. The Balaban J connectivity index is 2.14. The maximum atomic E-state index is 12.3. The number of aryl methyl sites for hydroxylation is 1. The average molecular weight is 392 g/mol. The van der Waals surface area contributed by atoms with Crippen molar-refractivity contribution in [1.82, 2.24) is 14.5 Å². The van der Waals surface area contributed by atoms with Crippen molar-refractivity contribution < 1.29 is 18.0 Å². The largest absolute Gasteiger partial charge is 0.321 e. The number of carbonyl (C=O) groups is 2. The van der Waals surface area contributed by atoms with Crippen molar-refractivity contribution >= 4 is 27.5 Å². The predicted octanol–water partition coefficient (Wildman–Crippen LogP) is 1.12. The molecule has 0 fully saturated rings. The second-order valence-corrected chi connectivity index (χ2v) is 7.46. The molecule has 0 unspecified atom stereocenters. The van der Waals surface area contributed by atoms with Crippen molar-refractivity contribution in [2.75, 3.05) is 5.32 Å². The highest BCUT2D eigenvalue weighted by Gasteiger charge is 2.16. The first-order chi connectivity index (χ1) is 12.7. The Hall–Kier alpha value is -3.01. The second kappa shape index (κ2) is 8.58. The van der Waals surface area contributed by atoms with Gasteiger partial charge in [-0.15, -0.1) is 0 Å². The fourth-order valence-electron chi connectivity index (χ4n) is 2.20. The molecule has 0 saturated heterocycles. The van der Waals surface area contributed by atoms with Crippen molar-refractivity contribution in [3.8, 4) is 0 Å². The molecule has 0 aliphatic carbocycles. The van der Waals surface area contributed by atoms with Crippen LogP contribution in [0.15, 0.2) is 46.1 Å². The summed E-state index contributed by atoms with van der Waals surface area (Å²) in [6.07, 6.45) is 1.65. The van der Waals surface area contributed by atoms with Crippen LogP contribution in [0.2, 0.25) is 0 Å². The number of nitrogens with zero attached hydrogens (tertiary/aromatic N) is 2. The molecule has 2 rings (SSSR count). The molecule has 1 heterocycles. The van der Waals surface area contributed by atoms with Gasteiger partial charge in [-0.25, -0.2) is 17.8 Å². The number of unbranched alkanes of at least 4 members (excludes halogenated alkanes) is 1. The van der Waals surface area contributed by atoms with E-state index in [1.807, 2.05) is 11.6 Å². The summed E-state index contributed by atoms with van der Waals surface area (Å²) in [5, 5.41) is 6.63. The van der Waals surface area contributed by atoms with E-state index in [0.29, 0.717) is 12.2 Å². The Kier molecular flexibility index (Phi) is 6.45. The maximum absolute atomic E-state index is 12.3. The summed E-state index contributed by atoms with van der Waals surface area (Å²) in [5.74, 6) is -1.23. The van der Waals surface area contributed by atoms with Crippen LogP contribution in [0.3, 0.4) is 0 Å². The minimum Gasteiger partial charge on any atom is -0.321 e. The Morgan fingerprint density at radius 2 is 1.78 bits per heavy atom. The van der Waals surface area contributed by atoms with Gasteiger partial charge in [0, 0.05) is 25.2 Å². The van der Waals surface area contributed by atoms with Crippen LogP contribution in [-0.2, 0) is 21.4 Å². The summed E-state index contributed by atoms with van der Waals surface area (Å²) in [6.45, 7) is 3.50. The van der Waals surface area contributed by atoms with Gasteiger partial charge in [0.25, 0.3) is 21.5 Å². The van der Waals surface area contributed by atoms with Gasteiger partial charge in [-0.1, -0.05) is 13.3 Å². The zero-order valence-corrected chi connectivity index (χ0v) is 15.7. The molecular formula is C17H20N4O5S. The molecule has 0 atom stereocenters. The minimum atomic E-state index is -3.94. The van der Waals surface area contributed by atoms with Crippen molar-refractivity contribution in [3.05, 3.63) is 52.4 Å². The Morgan fingerprint density at radius 3 is 2.37 bits per heavy atom. The topological polar surface area (TPSA) is 127 Å². The van der Waals surface area contributed by atoms with E-state index in [1.54, 1.807) is 0 Å². The summed E-state index contributed by atoms with van der Waals surface area (Å²) in [7, 11) is -3.94. The lowest BCUT2D eigenvalue weighted by Gasteiger charge is -2.09. The molecule has 0 aliphatic rings. The van der Waals surface area contributed by atoms with Crippen molar-refractivity contribution in [2.45, 2.75) is 38.1 Å². The van der Waals surface area contributed by atoms with Crippen LogP contribution in [-0.4, -0.2) is 30.0 Å². The number of hydrogen-bond acceptors (Lipinski definition) is 6. The normalized spacial score (nSPS) is 11.0. The van der Waals surface area contributed by atoms with Gasteiger partial charge in [-0.2, -0.15) is 5.10 Å². The second-order valence-electron chi connectivity index (χ2n) is 5.77. The molecule has 1 aromatic carbocycles. The monoisotopic (exact) mass is 392 g/mol. The molecule has 2 N–H and O–H groups in total.